The monoisotopic (exact) mass is 221 g/mol. The number of nitrogens with one attached hydrogen (secondary N) is 1. The number of thiazole rings is 1. The number of aromatic nitrogens is 2. The SMILES string of the molecule is CNCc1cccn1Cc1nc(C)cs1. The molecule has 2 aromatic rings. The topological polar surface area (TPSA) is 29.9 Å². The number of hydrogen-bond donors (Lipinski definition) is 1. The minimum Gasteiger partial charge on any atom is -0.343 e. The van der Waals surface area contributed by atoms with Crippen molar-refractivity contribution >= 4 is 11.3 Å². The fourth-order valence-corrected chi connectivity index (χ4v) is 2.34. The molecule has 2 heterocycles. The highest BCUT2D eigenvalue weighted by molar-refractivity contribution is 7.09. The number of rotatable bonds is 4. The van der Waals surface area contributed by atoms with Gasteiger partial charge in [-0.1, -0.05) is 0 Å². The van der Waals surface area contributed by atoms with Gasteiger partial charge >= 0.3 is 0 Å². The van der Waals surface area contributed by atoms with Crippen molar-refractivity contribution < 1.29 is 0 Å². The lowest BCUT2D eigenvalue weighted by atomic mass is 10.4. The van der Waals surface area contributed by atoms with Gasteiger partial charge in [-0.2, -0.15) is 0 Å². The molecule has 0 amide bonds. The van der Waals surface area contributed by atoms with E-state index in [1.54, 1.807) is 11.3 Å². The molecule has 0 aliphatic carbocycles. The van der Waals surface area contributed by atoms with Crippen LogP contribution in [0.25, 0.3) is 0 Å². The van der Waals surface area contributed by atoms with E-state index in [4.69, 9.17) is 0 Å². The molecule has 0 bridgehead atoms. The molecule has 0 saturated heterocycles. The summed E-state index contributed by atoms with van der Waals surface area (Å²) < 4.78 is 2.23. The molecule has 2 aromatic heterocycles. The predicted molar refractivity (Wildman–Crippen MR) is 63.1 cm³/mol. The van der Waals surface area contributed by atoms with E-state index in [-0.39, 0.29) is 0 Å². The lowest BCUT2D eigenvalue weighted by Gasteiger charge is -2.06. The Morgan fingerprint density at radius 1 is 1.53 bits per heavy atom. The molecular weight excluding hydrogens is 206 g/mol. The molecule has 1 N–H and O–H groups in total. The summed E-state index contributed by atoms with van der Waals surface area (Å²) in [4.78, 5) is 4.46. The molecule has 0 aliphatic rings. The maximum Gasteiger partial charge on any atom is 0.113 e. The number of aryl methyl sites for hydroxylation is 1. The Balaban J connectivity index is 2.13. The van der Waals surface area contributed by atoms with Crippen LogP contribution in [0.5, 0.6) is 0 Å². The van der Waals surface area contributed by atoms with Crippen LogP contribution in [0.3, 0.4) is 0 Å². The Bertz CT molecular complexity index is 430. The van der Waals surface area contributed by atoms with Crippen LogP contribution in [-0.4, -0.2) is 16.6 Å². The average Bonchev–Trinajstić information content (AvgIpc) is 2.78. The molecule has 2 rings (SSSR count). The first-order chi connectivity index (χ1) is 7.29. The van der Waals surface area contributed by atoms with Gasteiger partial charge in [0.05, 0.1) is 6.54 Å². The van der Waals surface area contributed by atoms with Gasteiger partial charge in [-0.25, -0.2) is 4.98 Å². The molecule has 4 heteroatoms. The van der Waals surface area contributed by atoms with Gasteiger partial charge in [0.2, 0.25) is 0 Å². The van der Waals surface area contributed by atoms with Gasteiger partial charge in [0.25, 0.3) is 0 Å². The fourth-order valence-electron chi connectivity index (χ4n) is 1.57. The minimum atomic E-state index is 0.878. The van der Waals surface area contributed by atoms with Crippen LogP contribution in [0.15, 0.2) is 23.7 Å². The smallest absolute Gasteiger partial charge is 0.113 e. The van der Waals surface area contributed by atoms with E-state index < -0.39 is 0 Å². The summed E-state index contributed by atoms with van der Waals surface area (Å²) in [5.74, 6) is 0. The van der Waals surface area contributed by atoms with Crippen LogP contribution in [0.1, 0.15) is 16.4 Å². The molecule has 0 aliphatic heterocycles. The van der Waals surface area contributed by atoms with Crippen molar-refractivity contribution in [3.8, 4) is 0 Å². The minimum absolute atomic E-state index is 0.878. The first kappa shape index (κ1) is 10.4. The van der Waals surface area contributed by atoms with Gasteiger partial charge in [-0.15, -0.1) is 11.3 Å². The quantitative estimate of drug-likeness (QED) is 0.856. The summed E-state index contributed by atoms with van der Waals surface area (Å²) in [5, 5.41) is 6.43. The van der Waals surface area contributed by atoms with Crippen LogP contribution >= 0.6 is 11.3 Å². The van der Waals surface area contributed by atoms with Crippen molar-refractivity contribution in [2.45, 2.75) is 20.0 Å². The lowest BCUT2D eigenvalue weighted by Crippen LogP contribution is -2.11. The van der Waals surface area contributed by atoms with Crippen LogP contribution in [0, 0.1) is 6.92 Å². The molecule has 0 spiro atoms. The van der Waals surface area contributed by atoms with Crippen molar-refractivity contribution in [3.63, 3.8) is 0 Å². The third-order valence-electron chi connectivity index (χ3n) is 2.25. The van der Waals surface area contributed by atoms with Crippen LogP contribution in [0.4, 0.5) is 0 Å². The molecule has 80 valence electrons. The Hall–Kier alpha value is -1.13. The highest BCUT2D eigenvalue weighted by Gasteiger charge is 2.03. The summed E-state index contributed by atoms with van der Waals surface area (Å²) >= 11 is 1.72. The van der Waals surface area contributed by atoms with E-state index in [1.165, 1.54) is 10.7 Å². The molecule has 0 fully saturated rings. The van der Waals surface area contributed by atoms with Crippen molar-refractivity contribution in [1.29, 1.82) is 0 Å². The maximum absolute atomic E-state index is 4.46. The van der Waals surface area contributed by atoms with Gasteiger partial charge in [-0.3, -0.25) is 0 Å². The molecule has 3 nitrogen and oxygen atoms in total. The Morgan fingerprint density at radius 2 is 2.40 bits per heavy atom. The van der Waals surface area contributed by atoms with E-state index in [1.807, 2.05) is 14.0 Å². The molecular formula is C11H15N3S. The molecule has 15 heavy (non-hydrogen) atoms. The van der Waals surface area contributed by atoms with Crippen LogP contribution in [-0.2, 0) is 13.1 Å². The second kappa shape index (κ2) is 4.59. The standard InChI is InChI=1S/C11H15N3S/c1-9-8-15-11(13-9)7-14-5-3-4-10(14)6-12-2/h3-5,8,12H,6-7H2,1-2H3. The van der Waals surface area contributed by atoms with Crippen LogP contribution < -0.4 is 5.32 Å². The van der Waals surface area contributed by atoms with E-state index >= 15 is 0 Å². The van der Waals surface area contributed by atoms with E-state index in [0.29, 0.717) is 0 Å². The highest BCUT2D eigenvalue weighted by Crippen LogP contribution is 2.12. The van der Waals surface area contributed by atoms with Crippen molar-refractivity contribution in [2.24, 2.45) is 0 Å². The second-order valence-electron chi connectivity index (χ2n) is 3.54. The Kier molecular flexibility index (Phi) is 3.18. The first-order valence-corrected chi connectivity index (χ1v) is 5.87. The van der Waals surface area contributed by atoms with Gasteiger partial charge in [-0.05, 0) is 26.1 Å². The van der Waals surface area contributed by atoms with Crippen LogP contribution in [0.2, 0.25) is 0 Å². The Morgan fingerprint density at radius 3 is 3.07 bits per heavy atom. The van der Waals surface area contributed by atoms with Crippen molar-refractivity contribution in [1.82, 2.24) is 14.9 Å². The molecule has 0 saturated carbocycles. The van der Waals surface area contributed by atoms with Gasteiger partial charge in [0, 0.05) is 29.5 Å². The van der Waals surface area contributed by atoms with E-state index in [2.05, 4.69) is 38.6 Å². The van der Waals surface area contributed by atoms with E-state index in [0.717, 1.165) is 18.8 Å². The lowest BCUT2D eigenvalue weighted by molar-refractivity contribution is 0.691. The zero-order valence-electron chi connectivity index (χ0n) is 9.03. The first-order valence-electron chi connectivity index (χ1n) is 4.99. The third kappa shape index (κ3) is 2.46. The highest BCUT2D eigenvalue weighted by atomic mass is 32.1. The number of hydrogen-bond acceptors (Lipinski definition) is 3. The predicted octanol–water partition coefficient (Wildman–Crippen LogP) is 2.02. The van der Waals surface area contributed by atoms with Gasteiger partial charge in [0.15, 0.2) is 0 Å². The second-order valence-corrected chi connectivity index (χ2v) is 4.48. The normalized spacial score (nSPS) is 10.8. The largest absolute Gasteiger partial charge is 0.343 e. The van der Waals surface area contributed by atoms with E-state index in [9.17, 15) is 0 Å². The fraction of sp³-hybridized carbons (Fsp3) is 0.364. The van der Waals surface area contributed by atoms with Crippen molar-refractivity contribution in [2.75, 3.05) is 7.05 Å². The Labute approximate surface area is 93.8 Å². The van der Waals surface area contributed by atoms with Gasteiger partial charge in [0.1, 0.15) is 5.01 Å². The molecule has 0 radical (unpaired) electrons. The van der Waals surface area contributed by atoms with Gasteiger partial charge < -0.3 is 9.88 Å². The zero-order chi connectivity index (χ0) is 10.7. The van der Waals surface area contributed by atoms with Crippen molar-refractivity contribution in [3.05, 3.63) is 40.1 Å². The summed E-state index contributed by atoms with van der Waals surface area (Å²) in [7, 11) is 1.96. The summed E-state index contributed by atoms with van der Waals surface area (Å²) in [6.07, 6.45) is 2.10. The zero-order valence-corrected chi connectivity index (χ0v) is 9.84. The number of nitrogens with zero attached hydrogens (tertiary/aromatic N) is 2. The average molecular weight is 221 g/mol. The third-order valence-corrected chi connectivity index (χ3v) is 3.21. The maximum atomic E-state index is 4.46. The molecule has 0 atom stereocenters. The summed E-state index contributed by atoms with van der Waals surface area (Å²) in [5.41, 5.74) is 2.41. The summed E-state index contributed by atoms with van der Waals surface area (Å²) in [6.45, 7) is 3.81. The summed E-state index contributed by atoms with van der Waals surface area (Å²) in [6, 6.07) is 4.21. The molecule has 0 aromatic carbocycles. The molecule has 0 unspecified atom stereocenters.